The Labute approximate surface area is 67.6 Å². The normalized spacial score (nSPS) is 43.8. The molecule has 0 radical (unpaired) electrons. The maximum Gasteiger partial charge on any atom is 0.157 e. The van der Waals surface area contributed by atoms with Gasteiger partial charge in [0.05, 0.1) is 0 Å². The van der Waals surface area contributed by atoms with Crippen LogP contribution in [0.4, 0.5) is 0 Å². The van der Waals surface area contributed by atoms with Gasteiger partial charge in [0.2, 0.25) is 0 Å². The molecule has 0 spiro atoms. The highest BCUT2D eigenvalue weighted by atomic mass is 16.6. The number of terminal acetylenes is 1. The number of aliphatic hydroxyl groups excluding tert-OH is 1. The molecule has 1 unspecified atom stereocenters. The van der Waals surface area contributed by atoms with Crippen molar-refractivity contribution in [3.63, 3.8) is 0 Å². The lowest BCUT2D eigenvalue weighted by atomic mass is 9.87. The zero-order valence-electron chi connectivity index (χ0n) is 7.00. The van der Waals surface area contributed by atoms with Gasteiger partial charge in [0.25, 0.3) is 0 Å². The fourth-order valence-corrected chi connectivity index (χ4v) is 1.61. The van der Waals surface area contributed by atoms with Crippen molar-refractivity contribution in [3.05, 3.63) is 0 Å². The first-order chi connectivity index (χ1) is 5.14. The van der Waals surface area contributed by atoms with Crippen molar-refractivity contribution in [1.29, 1.82) is 0 Å². The van der Waals surface area contributed by atoms with Crippen LogP contribution in [0.3, 0.4) is 0 Å². The lowest BCUT2D eigenvalue weighted by Gasteiger charge is -2.24. The van der Waals surface area contributed by atoms with Crippen LogP contribution in [0.15, 0.2) is 0 Å². The fourth-order valence-electron chi connectivity index (χ4n) is 1.61. The predicted octanol–water partition coefficient (Wildman–Crippen LogP) is 1.14. The van der Waals surface area contributed by atoms with Crippen LogP contribution < -0.4 is 0 Å². The average Bonchev–Trinajstić information content (AvgIpc) is 2.27. The molecule has 1 aliphatic rings. The van der Waals surface area contributed by atoms with E-state index >= 15 is 0 Å². The van der Waals surface area contributed by atoms with E-state index in [0.717, 1.165) is 6.42 Å². The summed E-state index contributed by atoms with van der Waals surface area (Å²) in [6.07, 6.45) is 6.10. The third-order valence-electron chi connectivity index (χ3n) is 2.47. The van der Waals surface area contributed by atoms with Gasteiger partial charge < -0.3 is 9.84 Å². The van der Waals surface area contributed by atoms with Crippen LogP contribution >= 0.6 is 0 Å². The Morgan fingerprint density at radius 2 is 2.45 bits per heavy atom. The summed E-state index contributed by atoms with van der Waals surface area (Å²) in [4.78, 5) is 0. The summed E-state index contributed by atoms with van der Waals surface area (Å²) < 4.78 is 5.28. The molecule has 62 valence electrons. The first-order valence-electron chi connectivity index (χ1n) is 3.98. The van der Waals surface area contributed by atoms with Crippen LogP contribution in [-0.4, -0.2) is 17.0 Å². The molecule has 1 fully saturated rings. The van der Waals surface area contributed by atoms with E-state index in [-0.39, 0.29) is 5.92 Å². The molecule has 2 nitrogen and oxygen atoms in total. The maximum atomic E-state index is 9.18. The van der Waals surface area contributed by atoms with Gasteiger partial charge in [-0.25, -0.2) is 0 Å². The van der Waals surface area contributed by atoms with Gasteiger partial charge in [-0.2, -0.15) is 0 Å². The van der Waals surface area contributed by atoms with E-state index in [9.17, 15) is 5.11 Å². The second kappa shape index (κ2) is 2.84. The third-order valence-corrected chi connectivity index (χ3v) is 2.47. The average molecular weight is 154 g/mol. The Morgan fingerprint density at radius 1 is 1.82 bits per heavy atom. The molecule has 0 bridgehead atoms. The molecular formula is C9H14O2. The molecule has 11 heavy (non-hydrogen) atoms. The van der Waals surface area contributed by atoms with Crippen LogP contribution in [0.25, 0.3) is 0 Å². The van der Waals surface area contributed by atoms with E-state index in [4.69, 9.17) is 11.2 Å². The quantitative estimate of drug-likeness (QED) is 0.574. The number of rotatable bonds is 1. The molecule has 1 rings (SSSR count). The lowest BCUT2D eigenvalue weighted by Crippen LogP contribution is -2.31. The van der Waals surface area contributed by atoms with Crippen molar-refractivity contribution in [2.75, 3.05) is 0 Å². The minimum atomic E-state index is -0.666. The molecular weight excluding hydrogens is 140 g/mol. The molecule has 0 aromatic rings. The summed E-state index contributed by atoms with van der Waals surface area (Å²) in [6, 6.07) is 0. The van der Waals surface area contributed by atoms with Crippen molar-refractivity contribution in [2.45, 2.75) is 38.6 Å². The third kappa shape index (κ3) is 1.26. The summed E-state index contributed by atoms with van der Waals surface area (Å²) in [5.74, 6) is 2.88. The Hall–Kier alpha value is -0.520. The number of hydrogen-bond donors (Lipinski definition) is 1. The summed E-state index contributed by atoms with van der Waals surface area (Å²) in [5.41, 5.74) is -0.514. The number of hydrogen-bond acceptors (Lipinski definition) is 2. The largest absolute Gasteiger partial charge is 0.368 e. The zero-order chi connectivity index (χ0) is 8.48. The maximum absolute atomic E-state index is 9.18. The molecule has 0 amide bonds. The molecule has 2 heteroatoms. The van der Waals surface area contributed by atoms with E-state index in [1.165, 1.54) is 0 Å². The van der Waals surface area contributed by atoms with Gasteiger partial charge >= 0.3 is 0 Å². The molecule has 0 aliphatic carbocycles. The molecule has 0 aromatic carbocycles. The van der Waals surface area contributed by atoms with Gasteiger partial charge in [0.1, 0.15) is 5.60 Å². The van der Waals surface area contributed by atoms with Gasteiger partial charge in [-0.3, -0.25) is 0 Å². The van der Waals surface area contributed by atoms with Gasteiger partial charge in [0.15, 0.2) is 6.29 Å². The van der Waals surface area contributed by atoms with E-state index in [1.807, 2.05) is 13.8 Å². The first-order valence-corrected chi connectivity index (χ1v) is 3.98. The topological polar surface area (TPSA) is 29.5 Å². The van der Waals surface area contributed by atoms with Gasteiger partial charge in [-0.05, 0) is 6.42 Å². The Kier molecular flexibility index (Phi) is 2.22. The van der Waals surface area contributed by atoms with Crippen molar-refractivity contribution >= 4 is 0 Å². The minimum absolute atomic E-state index is 0.257. The molecule has 1 heterocycles. The Bertz CT molecular complexity index is 182. The van der Waals surface area contributed by atoms with Crippen LogP contribution in [-0.2, 0) is 4.74 Å². The predicted molar refractivity (Wildman–Crippen MR) is 42.7 cm³/mol. The minimum Gasteiger partial charge on any atom is -0.368 e. The summed E-state index contributed by atoms with van der Waals surface area (Å²) >= 11 is 0. The number of aliphatic hydroxyl groups is 1. The molecule has 0 aromatic heterocycles. The molecule has 0 saturated carbocycles. The van der Waals surface area contributed by atoms with E-state index < -0.39 is 11.9 Å². The highest BCUT2D eigenvalue weighted by Crippen LogP contribution is 2.36. The monoisotopic (exact) mass is 154 g/mol. The molecule has 1 N–H and O–H groups in total. The van der Waals surface area contributed by atoms with Gasteiger partial charge in [0, 0.05) is 12.3 Å². The summed E-state index contributed by atoms with van der Waals surface area (Å²) in [6.45, 7) is 3.99. The summed E-state index contributed by atoms with van der Waals surface area (Å²) in [5, 5.41) is 9.18. The van der Waals surface area contributed by atoms with Crippen LogP contribution in [0, 0.1) is 18.3 Å². The van der Waals surface area contributed by atoms with Crippen molar-refractivity contribution in [2.24, 2.45) is 5.92 Å². The van der Waals surface area contributed by atoms with Crippen LogP contribution in [0.1, 0.15) is 26.7 Å². The summed E-state index contributed by atoms with van der Waals surface area (Å²) in [7, 11) is 0. The molecule has 1 saturated heterocycles. The lowest BCUT2D eigenvalue weighted by molar-refractivity contribution is -0.119. The zero-order valence-corrected chi connectivity index (χ0v) is 7.00. The SMILES string of the molecule is C#C[C@]1(CC)OC(O)C[C@@H]1C. The van der Waals surface area contributed by atoms with E-state index in [1.54, 1.807) is 0 Å². The van der Waals surface area contributed by atoms with Gasteiger partial charge in [-0.15, -0.1) is 6.42 Å². The van der Waals surface area contributed by atoms with E-state index in [0.29, 0.717) is 6.42 Å². The second-order valence-corrected chi connectivity index (χ2v) is 3.10. The second-order valence-electron chi connectivity index (χ2n) is 3.10. The van der Waals surface area contributed by atoms with Crippen molar-refractivity contribution in [1.82, 2.24) is 0 Å². The smallest absolute Gasteiger partial charge is 0.157 e. The Morgan fingerprint density at radius 3 is 2.64 bits per heavy atom. The van der Waals surface area contributed by atoms with E-state index in [2.05, 4.69) is 5.92 Å². The highest BCUT2D eigenvalue weighted by molar-refractivity contribution is 5.13. The van der Waals surface area contributed by atoms with Crippen molar-refractivity contribution in [3.8, 4) is 12.3 Å². The fraction of sp³-hybridized carbons (Fsp3) is 0.778. The number of ether oxygens (including phenoxy) is 1. The first kappa shape index (κ1) is 8.58. The highest BCUT2D eigenvalue weighted by Gasteiger charge is 2.42. The molecule has 1 aliphatic heterocycles. The molecule has 3 atom stereocenters. The van der Waals surface area contributed by atoms with Gasteiger partial charge in [-0.1, -0.05) is 19.8 Å². The Balaban J connectivity index is 2.78. The standard InChI is InChI=1S/C9H14O2/c1-4-9(5-2)7(3)6-8(10)11-9/h1,7-8,10H,5-6H2,2-3H3/t7-,8?,9+/m0/s1. The van der Waals surface area contributed by atoms with Crippen molar-refractivity contribution < 1.29 is 9.84 Å². The van der Waals surface area contributed by atoms with Crippen LogP contribution in [0.5, 0.6) is 0 Å². The van der Waals surface area contributed by atoms with Crippen LogP contribution in [0.2, 0.25) is 0 Å².